The van der Waals surface area contributed by atoms with E-state index >= 15 is 0 Å². The average Bonchev–Trinajstić information content (AvgIpc) is 2.27. The lowest BCUT2D eigenvalue weighted by molar-refractivity contribution is -0.142. The van der Waals surface area contributed by atoms with Crippen LogP contribution < -0.4 is 11.1 Å². The number of methoxy groups -OCH3 is 1. The summed E-state index contributed by atoms with van der Waals surface area (Å²) in [4.78, 5) is 22.4. The van der Waals surface area contributed by atoms with Crippen LogP contribution in [-0.4, -0.2) is 31.1 Å². The van der Waals surface area contributed by atoms with Crippen molar-refractivity contribution >= 4 is 11.9 Å². The van der Waals surface area contributed by atoms with Crippen LogP contribution in [0.3, 0.4) is 0 Å². The van der Waals surface area contributed by atoms with E-state index in [-0.39, 0.29) is 24.8 Å². The van der Waals surface area contributed by atoms with E-state index in [4.69, 9.17) is 5.73 Å². The quantitative estimate of drug-likeness (QED) is 0.621. The van der Waals surface area contributed by atoms with E-state index in [1.54, 1.807) is 0 Å². The van der Waals surface area contributed by atoms with Gasteiger partial charge in [-0.05, 0) is 12.8 Å². The molecule has 0 rings (SSSR count). The van der Waals surface area contributed by atoms with Crippen molar-refractivity contribution in [3.8, 4) is 0 Å². The number of ether oxygens (including phenoxy) is 1. The van der Waals surface area contributed by atoms with Crippen LogP contribution in [0.1, 0.15) is 33.1 Å². The highest BCUT2D eigenvalue weighted by molar-refractivity contribution is 5.80. The Morgan fingerprint density at radius 3 is 2.20 bits per heavy atom. The van der Waals surface area contributed by atoms with E-state index < -0.39 is 5.54 Å². The van der Waals surface area contributed by atoms with Crippen LogP contribution in [0, 0.1) is 0 Å². The predicted octanol–water partition coefficient (Wildman–Crippen LogP) is 0.183. The smallest absolute Gasteiger partial charge is 0.307 e. The maximum absolute atomic E-state index is 11.2. The summed E-state index contributed by atoms with van der Waals surface area (Å²) in [7, 11) is 1.34. The van der Waals surface area contributed by atoms with Gasteiger partial charge < -0.3 is 15.8 Å². The summed E-state index contributed by atoms with van der Waals surface area (Å²) in [5.41, 5.74) is 4.70. The fourth-order valence-corrected chi connectivity index (χ4v) is 1.42. The molecule has 0 saturated heterocycles. The van der Waals surface area contributed by atoms with Gasteiger partial charge >= 0.3 is 5.97 Å². The van der Waals surface area contributed by atoms with E-state index in [1.807, 2.05) is 13.8 Å². The van der Waals surface area contributed by atoms with Crippen molar-refractivity contribution < 1.29 is 14.3 Å². The summed E-state index contributed by atoms with van der Waals surface area (Å²) in [6.45, 7) is 3.77. The number of carbonyl (C=O) groups excluding carboxylic acids is 2. The van der Waals surface area contributed by atoms with Crippen LogP contribution in [0.15, 0.2) is 0 Å². The van der Waals surface area contributed by atoms with Crippen molar-refractivity contribution in [2.45, 2.75) is 38.6 Å². The van der Waals surface area contributed by atoms with Gasteiger partial charge in [0.05, 0.1) is 25.6 Å². The number of carbonyl (C=O) groups is 2. The molecule has 0 unspecified atom stereocenters. The zero-order valence-electron chi connectivity index (χ0n) is 9.63. The number of rotatable bonds is 6. The van der Waals surface area contributed by atoms with Crippen molar-refractivity contribution in [1.82, 2.24) is 5.32 Å². The van der Waals surface area contributed by atoms with Crippen LogP contribution in [-0.2, 0) is 14.3 Å². The molecule has 0 aliphatic heterocycles. The minimum absolute atomic E-state index is 0.0665. The van der Waals surface area contributed by atoms with Gasteiger partial charge in [0, 0.05) is 0 Å². The van der Waals surface area contributed by atoms with E-state index in [0.29, 0.717) is 12.8 Å². The molecule has 0 aliphatic rings. The Bertz CT molecular complexity index is 205. The van der Waals surface area contributed by atoms with Gasteiger partial charge in [-0.3, -0.25) is 9.59 Å². The van der Waals surface area contributed by atoms with E-state index in [9.17, 15) is 9.59 Å². The predicted molar refractivity (Wildman–Crippen MR) is 57.1 cm³/mol. The first-order valence-electron chi connectivity index (χ1n) is 5.11. The highest BCUT2D eigenvalue weighted by atomic mass is 16.5. The van der Waals surface area contributed by atoms with Gasteiger partial charge in [0.15, 0.2) is 0 Å². The van der Waals surface area contributed by atoms with Crippen LogP contribution in [0.4, 0.5) is 0 Å². The molecule has 0 aliphatic carbocycles. The molecule has 5 heteroatoms. The van der Waals surface area contributed by atoms with Crippen molar-refractivity contribution in [3.05, 3.63) is 0 Å². The Morgan fingerprint density at radius 2 is 1.87 bits per heavy atom. The van der Waals surface area contributed by atoms with Crippen molar-refractivity contribution in [2.75, 3.05) is 13.7 Å². The maximum atomic E-state index is 11.2. The maximum Gasteiger partial charge on any atom is 0.307 e. The summed E-state index contributed by atoms with van der Waals surface area (Å²) < 4.78 is 4.60. The molecule has 1 amide bonds. The minimum Gasteiger partial charge on any atom is -0.469 e. The third-order valence-corrected chi connectivity index (χ3v) is 2.65. The normalized spacial score (nSPS) is 10.9. The van der Waals surface area contributed by atoms with Crippen LogP contribution >= 0.6 is 0 Å². The number of amides is 1. The van der Waals surface area contributed by atoms with Crippen LogP contribution in [0.25, 0.3) is 0 Å². The van der Waals surface area contributed by atoms with Gasteiger partial charge in [0.1, 0.15) is 0 Å². The van der Waals surface area contributed by atoms with Crippen molar-refractivity contribution in [3.63, 3.8) is 0 Å². The number of esters is 1. The monoisotopic (exact) mass is 216 g/mol. The second-order valence-corrected chi connectivity index (χ2v) is 3.49. The molecule has 88 valence electrons. The van der Waals surface area contributed by atoms with E-state index in [0.717, 1.165) is 0 Å². The molecule has 0 fully saturated rings. The summed E-state index contributed by atoms with van der Waals surface area (Å²) in [5, 5.41) is 2.78. The molecule has 0 aromatic carbocycles. The molecular weight excluding hydrogens is 196 g/mol. The van der Waals surface area contributed by atoms with Gasteiger partial charge in [-0.1, -0.05) is 13.8 Å². The fourth-order valence-electron chi connectivity index (χ4n) is 1.42. The lowest BCUT2D eigenvalue weighted by Crippen LogP contribution is -2.51. The Labute approximate surface area is 90.4 Å². The van der Waals surface area contributed by atoms with Crippen molar-refractivity contribution in [2.24, 2.45) is 5.73 Å². The molecule has 0 bridgehead atoms. The molecule has 0 spiro atoms. The lowest BCUT2D eigenvalue weighted by Gasteiger charge is -2.31. The highest BCUT2D eigenvalue weighted by Gasteiger charge is 2.30. The van der Waals surface area contributed by atoms with Gasteiger partial charge in [-0.15, -0.1) is 0 Å². The Morgan fingerprint density at radius 1 is 1.33 bits per heavy atom. The molecule has 3 N–H and O–H groups in total. The molecule has 0 atom stereocenters. The second-order valence-electron chi connectivity index (χ2n) is 3.49. The van der Waals surface area contributed by atoms with Crippen molar-refractivity contribution in [1.29, 1.82) is 0 Å². The largest absolute Gasteiger partial charge is 0.469 e. The Hall–Kier alpha value is -1.10. The van der Waals surface area contributed by atoms with Gasteiger partial charge in [0.25, 0.3) is 0 Å². The molecular formula is C10H20N2O3. The minimum atomic E-state index is -0.524. The number of hydrogen-bond acceptors (Lipinski definition) is 4. The summed E-state index contributed by atoms with van der Waals surface area (Å²) in [6.07, 6.45) is 1.52. The standard InChI is InChI=1S/C10H20N2O3/c1-4-10(5-2,6-9(14)15-3)12-8(13)7-11/h4-7,11H2,1-3H3,(H,12,13). The average molecular weight is 216 g/mol. The number of nitrogens with one attached hydrogen (secondary N) is 1. The third kappa shape index (κ3) is 4.29. The third-order valence-electron chi connectivity index (χ3n) is 2.65. The molecule has 15 heavy (non-hydrogen) atoms. The van der Waals surface area contributed by atoms with Gasteiger partial charge in [-0.25, -0.2) is 0 Å². The SMILES string of the molecule is CCC(CC)(CC(=O)OC)NC(=O)CN. The highest BCUT2D eigenvalue weighted by Crippen LogP contribution is 2.20. The zero-order valence-corrected chi connectivity index (χ0v) is 9.63. The van der Waals surface area contributed by atoms with Gasteiger partial charge in [0.2, 0.25) is 5.91 Å². The molecule has 0 radical (unpaired) electrons. The van der Waals surface area contributed by atoms with Crippen LogP contribution in [0.2, 0.25) is 0 Å². The summed E-state index contributed by atoms with van der Waals surface area (Å²) >= 11 is 0. The Balaban J connectivity index is 4.56. The van der Waals surface area contributed by atoms with Crippen LogP contribution in [0.5, 0.6) is 0 Å². The first kappa shape index (κ1) is 13.9. The van der Waals surface area contributed by atoms with Gasteiger partial charge in [-0.2, -0.15) is 0 Å². The topological polar surface area (TPSA) is 81.4 Å². The first-order valence-corrected chi connectivity index (χ1v) is 5.11. The fraction of sp³-hybridized carbons (Fsp3) is 0.800. The first-order chi connectivity index (χ1) is 7.03. The zero-order chi connectivity index (χ0) is 11.9. The van der Waals surface area contributed by atoms with E-state index in [2.05, 4.69) is 10.1 Å². The lowest BCUT2D eigenvalue weighted by atomic mass is 9.89. The number of hydrogen-bond donors (Lipinski definition) is 2. The summed E-state index contributed by atoms with van der Waals surface area (Å²) in [6, 6.07) is 0. The molecule has 0 aromatic rings. The number of nitrogens with two attached hydrogens (primary N) is 1. The van der Waals surface area contributed by atoms with E-state index in [1.165, 1.54) is 7.11 Å². The molecule has 5 nitrogen and oxygen atoms in total. The molecule has 0 saturated carbocycles. The molecule has 0 heterocycles. The molecule has 0 aromatic heterocycles. The Kier molecular flexibility index (Phi) is 5.93. The second kappa shape index (κ2) is 6.40. The summed E-state index contributed by atoms with van der Waals surface area (Å²) in [5.74, 6) is -0.571.